The van der Waals surface area contributed by atoms with Crippen LogP contribution in [0.5, 0.6) is 5.75 Å². The Morgan fingerprint density at radius 3 is 2.60 bits per heavy atom. The number of carboxylic acid groups (broad SMARTS) is 1. The van der Waals surface area contributed by atoms with Crippen LogP contribution in [0.25, 0.3) is 0 Å². The van der Waals surface area contributed by atoms with Crippen molar-refractivity contribution in [2.75, 3.05) is 7.11 Å². The predicted molar refractivity (Wildman–Crippen MR) is 53.7 cm³/mol. The first-order valence-corrected chi connectivity index (χ1v) is 4.54. The second-order valence-corrected chi connectivity index (χ2v) is 3.41. The molecule has 82 valence electrons. The van der Waals surface area contributed by atoms with E-state index in [1.807, 2.05) is 0 Å². The zero-order valence-corrected chi connectivity index (χ0v) is 8.87. The van der Waals surface area contributed by atoms with Crippen molar-refractivity contribution >= 4 is 5.97 Å². The summed E-state index contributed by atoms with van der Waals surface area (Å²) in [7, 11) is 1.46. The van der Waals surface area contributed by atoms with Crippen molar-refractivity contribution < 1.29 is 19.0 Å². The molecule has 0 heterocycles. The Balaban J connectivity index is 3.27. The summed E-state index contributed by atoms with van der Waals surface area (Å²) < 4.78 is 18.6. The first-order valence-electron chi connectivity index (χ1n) is 4.54. The number of aryl methyl sites for hydroxylation is 1. The molecule has 0 saturated heterocycles. The molecule has 3 nitrogen and oxygen atoms in total. The van der Waals surface area contributed by atoms with Crippen molar-refractivity contribution in [2.45, 2.75) is 19.8 Å². The van der Waals surface area contributed by atoms with Gasteiger partial charge in [-0.15, -0.1) is 0 Å². The second kappa shape index (κ2) is 4.29. The Kier molecular flexibility index (Phi) is 3.29. The highest BCUT2D eigenvalue weighted by atomic mass is 19.1. The van der Waals surface area contributed by atoms with Gasteiger partial charge in [-0.25, -0.2) is 4.39 Å². The van der Waals surface area contributed by atoms with Crippen molar-refractivity contribution in [3.05, 3.63) is 29.1 Å². The molecule has 1 rings (SSSR count). The van der Waals surface area contributed by atoms with Gasteiger partial charge in [-0.1, -0.05) is 0 Å². The highest BCUT2D eigenvalue weighted by Crippen LogP contribution is 2.26. The zero-order chi connectivity index (χ0) is 11.6. The third-order valence-electron chi connectivity index (χ3n) is 2.33. The van der Waals surface area contributed by atoms with E-state index in [4.69, 9.17) is 9.84 Å². The van der Waals surface area contributed by atoms with E-state index < -0.39 is 17.7 Å². The number of hydrogen-bond donors (Lipinski definition) is 1. The molecule has 0 spiro atoms. The maximum Gasteiger partial charge on any atom is 0.310 e. The topological polar surface area (TPSA) is 46.5 Å². The van der Waals surface area contributed by atoms with Crippen LogP contribution in [0.2, 0.25) is 0 Å². The molecule has 0 saturated carbocycles. The van der Waals surface area contributed by atoms with E-state index in [-0.39, 0.29) is 5.56 Å². The molecule has 0 radical (unpaired) electrons. The summed E-state index contributed by atoms with van der Waals surface area (Å²) in [4.78, 5) is 10.8. The number of hydrogen-bond acceptors (Lipinski definition) is 2. The monoisotopic (exact) mass is 212 g/mol. The second-order valence-electron chi connectivity index (χ2n) is 3.41. The van der Waals surface area contributed by atoms with Gasteiger partial charge in [0.2, 0.25) is 0 Å². The lowest BCUT2D eigenvalue weighted by molar-refractivity contribution is -0.138. The third-order valence-corrected chi connectivity index (χ3v) is 2.33. The van der Waals surface area contributed by atoms with Gasteiger partial charge in [0.1, 0.15) is 11.6 Å². The summed E-state index contributed by atoms with van der Waals surface area (Å²) in [5.74, 6) is -1.94. The number of halogens is 1. The fraction of sp³-hybridized carbons (Fsp3) is 0.364. The van der Waals surface area contributed by atoms with Crippen LogP contribution >= 0.6 is 0 Å². The summed E-state index contributed by atoms with van der Waals surface area (Å²) in [5.41, 5.74) is 0.539. The van der Waals surface area contributed by atoms with Crippen LogP contribution < -0.4 is 4.74 Å². The summed E-state index contributed by atoms with van der Waals surface area (Å²) in [6.45, 7) is 3.02. The standard InChI is InChI=1S/C11H13FO3/c1-6-4-8(15-3)5-9(10(6)12)7(2)11(13)14/h4-5,7H,1-3H3,(H,13,14). The number of carboxylic acids is 1. The lowest BCUT2D eigenvalue weighted by Crippen LogP contribution is -2.10. The van der Waals surface area contributed by atoms with Gasteiger partial charge in [0.25, 0.3) is 0 Å². The largest absolute Gasteiger partial charge is 0.497 e. The Morgan fingerprint density at radius 2 is 2.13 bits per heavy atom. The van der Waals surface area contributed by atoms with Crippen LogP contribution in [0.3, 0.4) is 0 Å². The predicted octanol–water partition coefficient (Wildman–Crippen LogP) is 2.33. The van der Waals surface area contributed by atoms with Gasteiger partial charge < -0.3 is 9.84 Å². The molecule has 1 aromatic carbocycles. The molecule has 1 N–H and O–H groups in total. The Labute approximate surface area is 87.5 Å². The SMILES string of the molecule is COc1cc(C)c(F)c(C(C)C(=O)O)c1. The fourth-order valence-corrected chi connectivity index (χ4v) is 1.33. The molecule has 0 amide bonds. The maximum atomic E-state index is 13.6. The van der Waals surface area contributed by atoms with Crippen molar-refractivity contribution in [3.63, 3.8) is 0 Å². The molecule has 1 atom stereocenters. The smallest absolute Gasteiger partial charge is 0.310 e. The lowest BCUT2D eigenvalue weighted by atomic mass is 9.98. The van der Waals surface area contributed by atoms with Crippen LogP contribution in [-0.2, 0) is 4.79 Å². The molecule has 1 aromatic rings. The minimum Gasteiger partial charge on any atom is -0.497 e. The average molecular weight is 212 g/mol. The fourth-order valence-electron chi connectivity index (χ4n) is 1.33. The maximum absolute atomic E-state index is 13.6. The van der Waals surface area contributed by atoms with Gasteiger partial charge in [-0.05, 0) is 31.5 Å². The molecular formula is C11H13FO3. The number of carbonyl (C=O) groups is 1. The van der Waals surface area contributed by atoms with Crippen LogP contribution in [0, 0.1) is 12.7 Å². The van der Waals surface area contributed by atoms with Gasteiger partial charge in [0.05, 0.1) is 13.0 Å². The van der Waals surface area contributed by atoms with Crippen LogP contribution in [0.1, 0.15) is 24.0 Å². The molecule has 15 heavy (non-hydrogen) atoms. The number of aliphatic carboxylic acids is 1. The highest BCUT2D eigenvalue weighted by Gasteiger charge is 2.20. The molecule has 1 unspecified atom stereocenters. The van der Waals surface area contributed by atoms with E-state index in [0.29, 0.717) is 11.3 Å². The third kappa shape index (κ3) is 2.26. The van der Waals surface area contributed by atoms with Crippen LogP contribution in [0.4, 0.5) is 4.39 Å². The Morgan fingerprint density at radius 1 is 1.53 bits per heavy atom. The van der Waals surface area contributed by atoms with E-state index >= 15 is 0 Å². The summed E-state index contributed by atoms with van der Waals surface area (Å²) in [6, 6.07) is 2.95. The van der Waals surface area contributed by atoms with Gasteiger partial charge >= 0.3 is 5.97 Å². The van der Waals surface area contributed by atoms with Gasteiger partial charge in [0.15, 0.2) is 0 Å². The molecule has 0 aliphatic carbocycles. The van der Waals surface area contributed by atoms with Crippen molar-refractivity contribution in [1.82, 2.24) is 0 Å². The zero-order valence-electron chi connectivity index (χ0n) is 8.87. The summed E-state index contributed by atoms with van der Waals surface area (Å²) in [5, 5.41) is 8.81. The van der Waals surface area contributed by atoms with Crippen molar-refractivity contribution in [2.24, 2.45) is 0 Å². The highest BCUT2D eigenvalue weighted by molar-refractivity contribution is 5.76. The first-order chi connectivity index (χ1) is 6.97. The van der Waals surface area contributed by atoms with Gasteiger partial charge in [0, 0.05) is 5.56 Å². The van der Waals surface area contributed by atoms with E-state index in [2.05, 4.69) is 0 Å². The van der Waals surface area contributed by atoms with E-state index in [1.165, 1.54) is 26.2 Å². The molecule has 0 aliphatic heterocycles. The summed E-state index contributed by atoms with van der Waals surface area (Å²) in [6.07, 6.45) is 0. The molecule has 0 aromatic heterocycles. The van der Waals surface area contributed by atoms with Crippen molar-refractivity contribution in [3.8, 4) is 5.75 Å². The van der Waals surface area contributed by atoms with E-state index in [1.54, 1.807) is 6.92 Å². The number of benzene rings is 1. The van der Waals surface area contributed by atoms with Crippen LogP contribution in [0.15, 0.2) is 12.1 Å². The normalized spacial score (nSPS) is 12.3. The van der Waals surface area contributed by atoms with Crippen molar-refractivity contribution in [1.29, 1.82) is 0 Å². The lowest BCUT2D eigenvalue weighted by Gasteiger charge is -2.12. The average Bonchev–Trinajstić information content (AvgIpc) is 2.20. The van der Waals surface area contributed by atoms with Crippen LogP contribution in [-0.4, -0.2) is 18.2 Å². The first kappa shape index (κ1) is 11.5. The Hall–Kier alpha value is -1.58. The van der Waals surface area contributed by atoms with Gasteiger partial charge in [-0.3, -0.25) is 4.79 Å². The number of methoxy groups -OCH3 is 1. The Bertz CT molecular complexity index is 388. The molecule has 4 heteroatoms. The van der Waals surface area contributed by atoms with E-state index in [9.17, 15) is 9.18 Å². The van der Waals surface area contributed by atoms with Gasteiger partial charge in [-0.2, -0.15) is 0 Å². The number of rotatable bonds is 3. The molecule has 0 bridgehead atoms. The quantitative estimate of drug-likeness (QED) is 0.836. The van der Waals surface area contributed by atoms with E-state index in [0.717, 1.165) is 0 Å². The number of ether oxygens (including phenoxy) is 1. The minimum absolute atomic E-state index is 0.152. The molecular weight excluding hydrogens is 199 g/mol. The summed E-state index contributed by atoms with van der Waals surface area (Å²) >= 11 is 0. The molecule has 0 aliphatic rings. The minimum atomic E-state index is -1.05. The molecule has 0 fully saturated rings.